The minimum Gasteiger partial charge on any atom is -0.373 e. The van der Waals surface area contributed by atoms with Gasteiger partial charge in [0.2, 0.25) is 0 Å². The zero-order valence-electron chi connectivity index (χ0n) is 14.0. The topological polar surface area (TPSA) is 97.0 Å². The highest BCUT2D eigenvalue weighted by Crippen LogP contribution is 2.40. The fraction of sp³-hybridized carbons (Fsp3) is 0.529. The molecule has 8 heteroatoms. The maximum Gasteiger partial charge on any atom is 0.264 e. The van der Waals surface area contributed by atoms with Gasteiger partial charge < -0.3 is 15.0 Å². The predicted molar refractivity (Wildman–Crippen MR) is 93.7 cm³/mol. The van der Waals surface area contributed by atoms with E-state index in [9.17, 15) is 9.59 Å². The molecule has 1 saturated carbocycles. The van der Waals surface area contributed by atoms with Crippen molar-refractivity contribution in [3.63, 3.8) is 0 Å². The third kappa shape index (κ3) is 3.23. The highest BCUT2D eigenvalue weighted by Gasteiger charge is 2.42. The lowest BCUT2D eigenvalue weighted by Crippen LogP contribution is -2.39. The number of aromatic amines is 1. The van der Waals surface area contributed by atoms with Gasteiger partial charge in [0.1, 0.15) is 11.3 Å². The molecular weight excluding hydrogens is 340 g/mol. The average molecular weight is 360 g/mol. The SMILES string of the molecule is Cc1nc(-c2ncc(C(=O)N[C@@H]3COC4(CCCC4)C3)c(=O)[nH]2)cs1. The Hall–Kier alpha value is -2.06. The zero-order valence-corrected chi connectivity index (χ0v) is 14.8. The molecule has 0 unspecified atom stereocenters. The van der Waals surface area contributed by atoms with Crippen LogP contribution in [0, 0.1) is 6.92 Å². The van der Waals surface area contributed by atoms with Gasteiger partial charge in [-0.25, -0.2) is 9.97 Å². The van der Waals surface area contributed by atoms with Crippen LogP contribution in [-0.2, 0) is 4.74 Å². The molecule has 2 aliphatic rings. The Bertz CT molecular complexity index is 854. The standard InChI is InChI=1S/C17H20N4O3S/c1-10-19-13(9-25-10)14-18-7-12(16(23)21-14)15(22)20-11-6-17(24-8-11)4-2-3-5-17/h7,9,11H,2-6,8H2,1H3,(H,20,22)(H,18,21,23)/t11-/m0/s1. The number of aryl methyl sites for hydroxylation is 1. The number of nitrogens with one attached hydrogen (secondary N) is 2. The first-order valence-corrected chi connectivity index (χ1v) is 9.39. The minimum atomic E-state index is -0.456. The summed E-state index contributed by atoms with van der Waals surface area (Å²) in [5.41, 5.74) is 0.110. The van der Waals surface area contributed by atoms with Crippen molar-refractivity contribution < 1.29 is 9.53 Å². The molecule has 4 rings (SSSR count). The van der Waals surface area contributed by atoms with Crippen molar-refractivity contribution in [3.05, 3.63) is 32.5 Å². The van der Waals surface area contributed by atoms with Crippen molar-refractivity contribution >= 4 is 17.2 Å². The molecule has 132 valence electrons. The summed E-state index contributed by atoms with van der Waals surface area (Å²) < 4.78 is 5.94. The summed E-state index contributed by atoms with van der Waals surface area (Å²) >= 11 is 1.48. The predicted octanol–water partition coefficient (Wildman–Crippen LogP) is 2.03. The largest absolute Gasteiger partial charge is 0.373 e. The first kappa shape index (κ1) is 16.4. The number of hydrogen-bond donors (Lipinski definition) is 2. The van der Waals surface area contributed by atoms with Crippen LogP contribution in [0.15, 0.2) is 16.4 Å². The number of hydrogen-bond acceptors (Lipinski definition) is 6. The monoisotopic (exact) mass is 360 g/mol. The van der Waals surface area contributed by atoms with Crippen molar-refractivity contribution in [2.45, 2.75) is 50.7 Å². The summed E-state index contributed by atoms with van der Waals surface area (Å²) in [5, 5.41) is 5.63. The van der Waals surface area contributed by atoms with Gasteiger partial charge in [0.05, 0.1) is 23.3 Å². The smallest absolute Gasteiger partial charge is 0.264 e. The molecule has 1 amide bonds. The van der Waals surface area contributed by atoms with Gasteiger partial charge in [-0.05, 0) is 26.2 Å². The van der Waals surface area contributed by atoms with E-state index >= 15 is 0 Å². The first-order chi connectivity index (χ1) is 12.0. The number of carbonyl (C=O) groups excluding carboxylic acids is 1. The summed E-state index contributed by atoms with van der Waals surface area (Å²) in [6.07, 6.45) is 6.62. The number of thiazole rings is 1. The molecule has 7 nitrogen and oxygen atoms in total. The van der Waals surface area contributed by atoms with Gasteiger partial charge in [0, 0.05) is 11.6 Å². The van der Waals surface area contributed by atoms with E-state index in [2.05, 4.69) is 20.3 Å². The summed E-state index contributed by atoms with van der Waals surface area (Å²) in [7, 11) is 0. The van der Waals surface area contributed by atoms with E-state index in [0.717, 1.165) is 24.3 Å². The fourth-order valence-electron chi connectivity index (χ4n) is 3.73. The van der Waals surface area contributed by atoms with Crippen LogP contribution in [0.4, 0.5) is 0 Å². The van der Waals surface area contributed by atoms with E-state index in [1.807, 2.05) is 12.3 Å². The lowest BCUT2D eigenvalue weighted by Gasteiger charge is -2.21. The van der Waals surface area contributed by atoms with Gasteiger partial charge in [-0.3, -0.25) is 9.59 Å². The molecule has 1 aliphatic heterocycles. The number of nitrogens with zero attached hydrogens (tertiary/aromatic N) is 2. The number of aromatic nitrogens is 3. The zero-order chi connectivity index (χ0) is 17.4. The Morgan fingerprint density at radius 2 is 2.24 bits per heavy atom. The van der Waals surface area contributed by atoms with Crippen LogP contribution < -0.4 is 10.9 Å². The van der Waals surface area contributed by atoms with Crippen molar-refractivity contribution in [3.8, 4) is 11.5 Å². The van der Waals surface area contributed by atoms with E-state index in [1.54, 1.807) is 0 Å². The second kappa shape index (κ2) is 6.34. The number of rotatable bonds is 3. The quantitative estimate of drug-likeness (QED) is 0.873. The molecule has 0 radical (unpaired) electrons. The van der Waals surface area contributed by atoms with Crippen molar-refractivity contribution in [2.75, 3.05) is 6.61 Å². The normalized spacial score (nSPS) is 21.7. The maximum atomic E-state index is 12.4. The van der Waals surface area contributed by atoms with Gasteiger partial charge in [0.15, 0.2) is 5.82 Å². The van der Waals surface area contributed by atoms with Crippen LogP contribution in [-0.4, -0.2) is 39.1 Å². The van der Waals surface area contributed by atoms with Gasteiger partial charge in [-0.15, -0.1) is 11.3 Å². The van der Waals surface area contributed by atoms with E-state index in [4.69, 9.17) is 4.74 Å². The summed E-state index contributed by atoms with van der Waals surface area (Å²) in [6, 6.07) is -0.0501. The van der Waals surface area contributed by atoms with Crippen LogP contribution in [0.1, 0.15) is 47.5 Å². The average Bonchev–Trinajstić information content (AvgIpc) is 3.31. The van der Waals surface area contributed by atoms with Crippen molar-refractivity contribution in [1.29, 1.82) is 0 Å². The first-order valence-electron chi connectivity index (χ1n) is 8.51. The number of carbonyl (C=O) groups is 1. The summed E-state index contributed by atoms with van der Waals surface area (Å²) in [4.78, 5) is 35.8. The van der Waals surface area contributed by atoms with Crippen LogP contribution in [0.2, 0.25) is 0 Å². The molecule has 1 atom stereocenters. The summed E-state index contributed by atoms with van der Waals surface area (Å²) in [5.74, 6) is -0.0292. The molecule has 1 saturated heterocycles. The molecule has 2 fully saturated rings. The molecule has 3 heterocycles. The van der Waals surface area contributed by atoms with Gasteiger partial charge in [0.25, 0.3) is 11.5 Å². The van der Waals surface area contributed by atoms with E-state index < -0.39 is 11.5 Å². The van der Waals surface area contributed by atoms with Crippen molar-refractivity contribution in [2.24, 2.45) is 0 Å². The maximum absolute atomic E-state index is 12.4. The van der Waals surface area contributed by atoms with E-state index in [0.29, 0.717) is 18.1 Å². The third-order valence-corrected chi connectivity index (χ3v) is 5.74. The van der Waals surface area contributed by atoms with Crippen LogP contribution in [0.5, 0.6) is 0 Å². The van der Waals surface area contributed by atoms with Crippen LogP contribution >= 0.6 is 11.3 Å². The molecule has 0 aromatic carbocycles. The number of amides is 1. The molecule has 1 aliphatic carbocycles. The Morgan fingerprint density at radius 1 is 1.44 bits per heavy atom. The Morgan fingerprint density at radius 3 is 2.92 bits per heavy atom. The van der Waals surface area contributed by atoms with Gasteiger partial charge in [-0.1, -0.05) is 12.8 Å². The molecule has 25 heavy (non-hydrogen) atoms. The fourth-order valence-corrected chi connectivity index (χ4v) is 4.32. The lowest BCUT2D eigenvalue weighted by atomic mass is 9.96. The van der Waals surface area contributed by atoms with Crippen LogP contribution in [0.25, 0.3) is 11.5 Å². The molecule has 2 N–H and O–H groups in total. The van der Waals surface area contributed by atoms with E-state index in [-0.39, 0.29) is 17.2 Å². The Balaban J connectivity index is 1.46. The van der Waals surface area contributed by atoms with Gasteiger partial charge >= 0.3 is 0 Å². The lowest BCUT2D eigenvalue weighted by molar-refractivity contribution is 0.00987. The third-order valence-electron chi connectivity index (χ3n) is 4.96. The van der Waals surface area contributed by atoms with E-state index in [1.165, 1.54) is 30.4 Å². The molecule has 2 aromatic heterocycles. The molecule has 2 aromatic rings. The molecule has 1 spiro atoms. The second-order valence-electron chi connectivity index (χ2n) is 6.80. The number of H-pyrrole nitrogens is 1. The number of ether oxygens (including phenoxy) is 1. The molecule has 0 bridgehead atoms. The van der Waals surface area contributed by atoms with Crippen LogP contribution in [0.3, 0.4) is 0 Å². The second-order valence-corrected chi connectivity index (χ2v) is 7.86. The Kier molecular flexibility index (Phi) is 4.16. The highest BCUT2D eigenvalue weighted by molar-refractivity contribution is 7.09. The summed E-state index contributed by atoms with van der Waals surface area (Å²) in [6.45, 7) is 2.39. The van der Waals surface area contributed by atoms with Crippen molar-refractivity contribution in [1.82, 2.24) is 20.3 Å². The highest BCUT2D eigenvalue weighted by atomic mass is 32.1. The minimum absolute atomic E-state index is 0.0167. The van der Waals surface area contributed by atoms with Gasteiger partial charge in [-0.2, -0.15) is 0 Å². The Labute approximate surface area is 148 Å². The molecular formula is C17H20N4O3S.